The molecule has 1 aromatic carbocycles. The van der Waals surface area contributed by atoms with Crippen LogP contribution in [-0.4, -0.2) is 20.5 Å². The smallest absolute Gasteiger partial charge is 0.258 e. The van der Waals surface area contributed by atoms with Gasteiger partial charge >= 0.3 is 0 Å². The molecule has 8 heteroatoms. The Hall–Kier alpha value is -2.19. The quantitative estimate of drug-likeness (QED) is 0.719. The summed E-state index contributed by atoms with van der Waals surface area (Å²) in [6, 6.07) is 6.10. The van der Waals surface area contributed by atoms with E-state index in [1.807, 2.05) is 12.3 Å². The number of hydrogen-bond acceptors (Lipinski definition) is 5. The molecule has 5 nitrogen and oxygen atoms in total. The molecule has 0 unspecified atom stereocenters. The minimum Gasteiger partial charge on any atom is -0.325 e. The average Bonchev–Trinajstić information content (AvgIpc) is 2.97. The molecule has 0 aliphatic rings. The highest BCUT2D eigenvalue weighted by molar-refractivity contribution is 7.99. The summed E-state index contributed by atoms with van der Waals surface area (Å²) < 4.78 is 15.1. The molecule has 1 N–H and O–H groups in total. The molecule has 0 radical (unpaired) electrons. The molecule has 3 aromatic rings. The number of carbonyl (C=O) groups excluding carboxylic acids is 1. The van der Waals surface area contributed by atoms with Crippen molar-refractivity contribution >= 4 is 39.7 Å². The van der Waals surface area contributed by atoms with Gasteiger partial charge in [0.1, 0.15) is 5.82 Å². The van der Waals surface area contributed by atoms with Gasteiger partial charge in [-0.1, -0.05) is 6.07 Å². The highest BCUT2D eigenvalue weighted by Crippen LogP contribution is 2.20. The maximum Gasteiger partial charge on any atom is 0.258 e. The fourth-order valence-electron chi connectivity index (χ4n) is 2.38. The van der Waals surface area contributed by atoms with E-state index in [1.54, 1.807) is 30.4 Å². The first kappa shape index (κ1) is 18.6. The summed E-state index contributed by atoms with van der Waals surface area (Å²) in [6.45, 7) is 5.30. The van der Waals surface area contributed by atoms with Crippen molar-refractivity contribution in [3.63, 3.8) is 0 Å². The molecule has 0 saturated heterocycles. The number of nitrogens with one attached hydrogen (secondary N) is 1. The Kier molecular flexibility index (Phi) is 5.43. The van der Waals surface area contributed by atoms with Gasteiger partial charge in [0.25, 0.3) is 5.56 Å². The third-order valence-corrected chi connectivity index (χ3v) is 6.04. The SMILES string of the molecule is Cc1ccc(NC(=O)[C@H](C)SCc2cc(=O)n3c(C)csc3n2)cc1F. The summed E-state index contributed by atoms with van der Waals surface area (Å²) in [4.78, 5) is 29.6. The van der Waals surface area contributed by atoms with Gasteiger partial charge in [0.15, 0.2) is 4.96 Å². The number of benzene rings is 1. The van der Waals surface area contributed by atoms with Crippen molar-refractivity contribution in [2.45, 2.75) is 31.8 Å². The van der Waals surface area contributed by atoms with Gasteiger partial charge in [-0.3, -0.25) is 14.0 Å². The van der Waals surface area contributed by atoms with Crippen LogP contribution in [0.15, 0.2) is 34.4 Å². The number of rotatable bonds is 5. The second kappa shape index (κ2) is 7.59. The molecule has 3 rings (SSSR count). The van der Waals surface area contributed by atoms with Gasteiger partial charge in [-0.15, -0.1) is 23.1 Å². The van der Waals surface area contributed by atoms with E-state index in [0.717, 1.165) is 5.69 Å². The highest BCUT2D eigenvalue weighted by Gasteiger charge is 2.15. The van der Waals surface area contributed by atoms with Crippen LogP contribution in [0.2, 0.25) is 0 Å². The molecule has 2 heterocycles. The number of hydrogen-bond donors (Lipinski definition) is 1. The number of fused-ring (bicyclic) bond motifs is 1. The number of amides is 1. The number of aromatic nitrogens is 2. The first-order valence-corrected chi connectivity index (χ1v) is 9.93. The molecule has 0 spiro atoms. The topological polar surface area (TPSA) is 63.5 Å². The predicted molar refractivity (Wildman–Crippen MR) is 105 cm³/mol. The lowest BCUT2D eigenvalue weighted by Gasteiger charge is -2.12. The first-order chi connectivity index (χ1) is 12.3. The number of anilines is 1. The Morgan fingerprint density at radius 3 is 2.88 bits per heavy atom. The van der Waals surface area contributed by atoms with Crippen LogP contribution in [0.5, 0.6) is 0 Å². The second-order valence-corrected chi connectivity index (χ2v) is 8.15. The molecule has 26 heavy (non-hydrogen) atoms. The first-order valence-electron chi connectivity index (χ1n) is 8.00. The number of carbonyl (C=O) groups is 1. The molecule has 0 saturated carbocycles. The molecule has 1 atom stereocenters. The maximum absolute atomic E-state index is 13.6. The fraction of sp³-hybridized carbons (Fsp3) is 0.278. The lowest BCUT2D eigenvalue weighted by molar-refractivity contribution is -0.115. The van der Waals surface area contributed by atoms with Crippen molar-refractivity contribution in [1.82, 2.24) is 9.38 Å². The van der Waals surface area contributed by atoms with Crippen molar-refractivity contribution in [1.29, 1.82) is 0 Å². The number of halogens is 1. The predicted octanol–water partition coefficient (Wildman–Crippen LogP) is 3.77. The van der Waals surface area contributed by atoms with E-state index in [-0.39, 0.29) is 22.5 Å². The van der Waals surface area contributed by atoms with E-state index < -0.39 is 0 Å². The standard InChI is InChI=1S/C18H18FN3O2S2/c1-10-4-5-13(6-15(10)19)20-17(24)12(3)25-9-14-7-16(23)22-11(2)8-26-18(22)21-14/h4-8,12H,9H2,1-3H3,(H,20,24)/t12-/m0/s1. The van der Waals surface area contributed by atoms with E-state index >= 15 is 0 Å². The van der Waals surface area contributed by atoms with Crippen LogP contribution in [0.25, 0.3) is 4.96 Å². The zero-order valence-corrected chi connectivity index (χ0v) is 16.2. The number of nitrogens with zero attached hydrogens (tertiary/aromatic N) is 2. The van der Waals surface area contributed by atoms with Crippen molar-refractivity contribution in [3.05, 3.63) is 62.8 Å². The van der Waals surface area contributed by atoms with Crippen LogP contribution < -0.4 is 10.9 Å². The molecular formula is C18H18FN3O2S2. The van der Waals surface area contributed by atoms with Crippen molar-refractivity contribution in [2.75, 3.05) is 5.32 Å². The molecule has 2 aromatic heterocycles. The van der Waals surface area contributed by atoms with Gasteiger partial charge in [-0.25, -0.2) is 9.37 Å². The minimum absolute atomic E-state index is 0.114. The zero-order chi connectivity index (χ0) is 18.8. The van der Waals surface area contributed by atoms with Crippen molar-refractivity contribution < 1.29 is 9.18 Å². The van der Waals surface area contributed by atoms with E-state index in [2.05, 4.69) is 10.3 Å². The Morgan fingerprint density at radius 1 is 1.38 bits per heavy atom. The summed E-state index contributed by atoms with van der Waals surface area (Å²) in [5.74, 6) is -0.130. The van der Waals surface area contributed by atoms with Gasteiger partial charge in [-0.2, -0.15) is 0 Å². The third kappa shape index (κ3) is 3.96. The Morgan fingerprint density at radius 2 is 2.15 bits per heavy atom. The molecule has 0 aliphatic heterocycles. The van der Waals surface area contributed by atoms with Crippen LogP contribution in [0.1, 0.15) is 23.9 Å². The van der Waals surface area contributed by atoms with Gasteiger partial charge in [0, 0.05) is 28.6 Å². The zero-order valence-electron chi connectivity index (χ0n) is 14.6. The maximum atomic E-state index is 13.6. The van der Waals surface area contributed by atoms with Crippen LogP contribution in [0.3, 0.4) is 0 Å². The van der Waals surface area contributed by atoms with Crippen LogP contribution in [0, 0.1) is 19.7 Å². The van der Waals surface area contributed by atoms with Gasteiger partial charge in [0.05, 0.1) is 10.9 Å². The minimum atomic E-state index is -0.371. The van der Waals surface area contributed by atoms with Crippen LogP contribution in [0.4, 0.5) is 10.1 Å². The van der Waals surface area contributed by atoms with Gasteiger partial charge in [-0.05, 0) is 38.5 Å². The summed E-state index contributed by atoms with van der Waals surface area (Å²) in [6.07, 6.45) is 0. The summed E-state index contributed by atoms with van der Waals surface area (Å²) in [5.41, 5.74) is 2.35. The molecule has 136 valence electrons. The second-order valence-electron chi connectivity index (χ2n) is 5.99. The highest BCUT2D eigenvalue weighted by atomic mass is 32.2. The average molecular weight is 391 g/mol. The molecule has 0 aliphatic carbocycles. The monoisotopic (exact) mass is 391 g/mol. The van der Waals surface area contributed by atoms with E-state index in [0.29, 0.717) is 27.7 Å². The van der Waals surface area contributed by atoms with Gasteiger partial charge < -0.3 is 5.32 Å². The normalized spacial score (nSPS) is 12.3. The number of thioether (sulfide) groups is 1. The Balaban J connectivity index is 1.64. The number of aryl methyl sites for hydroxylation is 2. The molecule has 0 fully saturated rings. The molecular weight excluding hydrogens is 373 g/mol. The number of thiazole rings is 1. The van der Waals surface area contributed by atoms with E-state index in [4.69, 9.17) is 0 Å². The molecule has 1 amide bonds. The largest absolute Gasteiger partial charge is 0.325 e. The lowest BCUT2D eigenvalue weighted by Crippen LogP contribution is -2.23. The summed E-state index contributed by atoms with van der Waals surface area (Å²) in [5, 5.41) is 4.22. The fourth-order valence-corrected chi connectivity index (χ4v) is 4.05. The summed E-state index contributed by atoms with van der Waals surface area (Å²) >= 11 is 2.79. The van der Waals surface area contributed by atoms with Crippen LogP contribution in [-0.2, 0) is 10.5 Å². The van der Waals surface area contributed by atoms with Gasteiger partial charge in [0.2, 0.25) is 5.91 Å². The Labute approximate surface area is 158 Å². The third-order valence-electron chi connectivity index (χ3n) is 3.92. The lowest BCUT2D eigenvalue weighted by atomic mass is 10.2. The summed E-state index contributed by atoms with van der Waals surface area (Å²) in [7, 11) is 0. The van der Waals surface area contributed by atoms with E-state index in [9.17, 15) is 14.0 Å². The van der Waals surface area contributed by atoms with E-state index in [1.165, 1.54) is 35.2 Å². The van der Waals surface area contributed by atoms with Crippen molar-refractivity contribution in [3.8, 4) is 0 Å². The molecule has 0 bridgehead atoms. The Bertz CT molecular complexity index is 1030. The van der Waals surface area contributed by atoms with Crippen molar-refractivity contribution in [2.24, 2.45) is 0 Å². The van der Waals surface area contributed by atoms with Crippen LogP contribution >= 0.6 is 23.1 Å².